The molecule has 0 spiro atoms. The number of carbonyl (C=O) groups is 1. The molecular weight excluding hydrogens is 208 g/mol. The van der Waals surface area contributed by atoms with Crippen molar-refractivity contribution in [1.82, 2.24) is 4.98 Å². The standard InChI is InChI=1S/C8H5ClN2OS/c9-4-1-2-6-5(3-4)11-8(13-6)7(10)12/h1-3H,(H2,10,12). The summed E-state index contributed by atoms with van der Waals surface area (Å²) in [5.41, 5.74) is 5.81. The third kappa shape index (κ3) is 1.50. The van der Waals surface area contributed by atoms with Crippen LogP contribution in [-0.4, -0.2) is 10.9 Å². The molecule has 0 aliphatic rings. The van der Waals surface area contributed by atoms with E-state index >= 15 is 0 Å². The fourth-order valence-electron chi connectivity index (χ4n) is 1.01. The van der Waals surface area contributed by atoms with Gasteiger partial charge in [0.25, 0.3) is 5.91 Å². The summed E-state index contributed by atoms with van der Waals surface area (Å²) in [5, 5.41) is 0.922. The van der Waals surface area contributed by atoms with Gasteiger partial charge in [0.2, 0.25) is 0 Å². The van der Waals surface area contributed by atoms with Gasteiger partial charge in [0.1, 0.15) is 0 Å². The van der Waals surface area contributed by atoms with Gasteiger partial charge in [0, 0.05) is 5.02 Å². The number of benzene rings is 1. The molecule has 0 radical (unpaired) electrons. The van der Waals surface area contributed by atoms with Crippen LogP contribution in [0.1, 0.15) is 9.80 Å². The minimum Gasteiger partial charge on any atom is -0.364 e. The maximum absolute atomic E-state index is 10.8. The number of rotatable bonds is 1. The minimum atomic E-state index is -0.502. The molecule has 0 saturated carbocycles. The first-order valence-electron chi connectivity index (χ1n) is 3.53. The van der Waals surface area contributed by atoms with Crippen molar-refractivity contribution >= 4 is 39.1 Å². The highest BCUT2D eigenvalue weighted by Gasteiger charge is 2.07. The molecule has 66 valence electrons. The van der Waals surface area contributed by atoms with Gasteiger partial charge in [-0.1, -0.05) is 11.6 Å². The fourth-order valence-corrected chi connectivity index (χ4v) is 1.97. The van der Waals surface area contributed by atoms with Gasteiger partial charge in [-0.25, -0.2) is 4.98 Å². The maximum atomic E-state index is 10.8. The van der Waals surface area contributed by atoms with E-state index in [0.717, 1.165) is 4.70 Å². The van der Waals surface area contributed by atoms with Gasteiger partial charge in [-0.2, -0.15) is 0 Å². The van der Waals surface area contributed by atoms with E-state index in [4.69, 9.17) is 17.3 Å². The van der Waals surface area contributed by atoms with Crippen LogP contribution in [0, 0.1) is 0 Å². The number of fused-ring (bicyclic) bond motifs is 1. The lowest BCUT2D eigenvalue weighted by molar-refractivity contribution is 0.1000. The van der Waals surface area contributed by atoms with Crippen molar-refractivity contribution < 1.29 is 4.79 Å². The summed E-state index contributed by atoms with van der Waals surface area (Å²) in [5.74, 6) is -0.502. The molecule has 0 unspecified atom stereocenters. The molecule has 0 bridgehead atoms. The summed E-state index contributed by atoms with van der Waals surface area (Å²) in [6, 6.07) is 5.29. The van der Waals surface area contributed by atoms with Crippen LogP contribution < -0.4 is 5.73 Å². The second-order valence-corrected chi connectivity index (χ2v) is 3.96. The SMILES string of the molecule is NC(=O)c1nc2cc(Cl)ccc2s1. The molecule has 0 fully saturated rings. The zero-order valence-electron chi connectivity index (χ0n) is 6.45. The van der Waals surface area contributed by atoms with Crippen LogP contribution in [0.5, 0.6) is 0 Å². The monoisotopic (exact) mass is 212 g/mol. The van der Waals surface area contributed by atoms with Crippen molar-refractivity contribution in [2.45, 2.75) is 0 Å². The maximum Gasteiger partial charge on any atom is 0.277 e. The number of halogens is 1. The third-order valence-corrected chi connectivity index (χ3v) is 2.85. The van der Waals surface area contributed by atoms with Crippen molar-refractivity contribution in [1.29, 1.82) is 0 Å². The minimum absolute atomic E-state index is 0.317. The van der Waals surface area contributed by atoms with Crippen LogP contribution in [0.15, 0.2) is 18.2 Å². The Kier molecular flexibility index (Phi) is 1.94. The summed E-state index contributed by atoms with van der Waals surface area (Å²) < 4.78 is 0.915. The van der Waals surface area contributed by atoms with Gasteiger partial charge >= 0.3 is 0 Å². The Morgan fingerprint density at radius 1 is 1.54 bits per heavy atom. The number of thiazole rings is 1. The molecule has 0 atom stereocenters. The second kappa shape index (κ2) is 2.97. The zero-order chi connectivity index (χ0) is 9.42. The number of hydrogen-bond acceptors (Lipinski definition) is 3. The van der Waals surface area contributed by atoms with E-state index in [2.05, 4.69) is 4.98 Å². The first kappa shape index (κ1) is 8.47. The molecule has 5 heteroatoms. The van der Waals surface area contributed by atoms with Crippen LogP contribution in [-0.2, 0) is 0 Å². The average molecular weight is 213 g/mol. The molecule has 1 aromatic carbocycles. The van der Waals surface area contributed by atoms with Crippen LogP contribution in [0.4, 0.5) is 0 Å². The van der Waals surface area contributed by atoms with E-state index < -0.39 is 5.91 Å². The Hall–Kier alpha value is -1.13. The van der Waals surface area contributed by atoms with Gasteiger partial charge in [0.05, 0.1) is 10.2 Å². The average Bonchev–Trinajstić information content (AvgIpc) is 2.46. The predicted molar refractivity (Wildman–Crippen MR) is 53.1 cm³/mol. The molecule has 3 nitrogen and oxygen atoms in total. The second-order valence-electron chi connectivity index (χ2n) is 2.50. The number of aromatic nitrogens is 1. The van der Waals surface area contributed by atoms with Crippen LogP contribution >= 0.6 is 22.9 Å². The van der Waals surface area contributed by atoms with Crippen molar-refractivity contribution in [2.75, 3.05) is 0 Å². The number of nitrogens with zero attached hydrogens (tertiary/aromatic N) is 1. The van der Waals surface area contributed by atoms with Crippen molar-refractivity contribution in [3.63, 3.8) is 0 Å². The van der Waals surface area contributed by atoms with Crippen molar-refractivity contribution in [3.8, 4) is 0 Å². The van der Waals surface area contributed by atoms with Crippen LogP contribution in [0.2, 0.25) is 5.02 Å². The molecule has 1 aromatic heterocycles. The summed E-state index contributed by atoms with van der Waals surface area (Å²) in [7, 11) is 0. The fraction of sp³-hybridized carbons (Fsp3) is 0. The smallest absolute Gasteiger partial charge is 0.277 e. The topological polar surface area (TPSA) is 56.0 Å². The van der Waals surface area contributed by atoms with Gasteiger partial charge in [-0.3, -0.25) is 4.79 Å². The Morgan fingerprint density at radius 2 is 2.31 bits per heavy atom. The third-order valence-electron chi connectivity index (χ3n) is 1.56. The highest BCUT2D eigenvalue weighted by Crippen LogP contribution is 2.24. The van der Waals surface area contributed by atoms with E-state index in [-0.39, 0.29) is 0 Å². The Balaban J connectivity index is 2.68. The highest BCUT2D eigenvalue weighted by molar-refractivity contribution is 7.20. The number of amides is 1. The molecule has 2 aromatic rings. The molecule has 1 amide bonds. The number of nitrogens with two attached hydrogens (primary N) is 1. The summed E-state index contributed by atoms with van der Waals surface area (Å²) in [6.07, 6.45) is 0. The lowest BCUT2D eigenvalue weighted by Gasteiger charge is -1.86. The molecule has 13 heavy (non-hydrogen) atoms. The molecule has 0 saturated heterocycles. The predicted octanol–water partition coefficient (Wildman–Crippen LogP) is 2.05. The van der Waals surface area contributed by atoms with Gasteiger partial charge in [-0.15, -0.1) is 11.3 Å². The largest absolute Gasteiger partial charge is 0.364 e. The first-order valence-corrected chi connectivity index (χ1v) is 4.72. The lowest BCUT2D eigenvalue weighted by Crippen LogP contribution is -2.09. The van der Waals surface area contributed by atoms with E-state index in [1.54, 1.807) is 12.1 Å². The van der Waals surface area contributed by atoms with Crippen LogP contribution in [0.25, 0.3) is 10.2 Å². The van der Waals surface area contributed by atoms with Gasteiger partial charge in [-0.05, 0) is 18.2 Å². The summed E-state index contributed by atoms with van der Waals surface area (Å²) >= 11 is 7.03. The van der Waals surface area contributed by atoms with Gasteiger partial charge < -0.3 is 5.73 Å². The highest BCUT2D eigenvalue weighted by atomic mass is 35.5. The van der Waals surface area contributed by atoms with E-state index in [0.29, 0.717) is 15.5 Å². The molecular formula is C8H5ClN2OS. The Labute approximate surface area is 83.1 Å². The number of primary amides is 1. The number of hydrogen-bond donors (Lipinski definition) is 1. The van der Waals surface area contributed by atoms with Gasteiger partial charge in [0.15, 0.2) is 5.01 Å². The van der Waals surface area contributed by atoms with Crippen molar-refractivity contribution in [2.24, 2.45) is 5.73 Å². The number of carbonyl (C=O) groups excluding carboxylic acids is 1. The van der Waals surface area contributed by atoms with E-state index in [1.807, 2.05) is 6.07 Å². The van der Waals surface area contributed by atoms with Crippen molar-refractivity contribution in [3.05, 3.63) is 28.2 Å². The van der Waals surface area contributed by atoms with E-state index in [1.165, 1.54) is 11.3 Å². The molecule has 2 rings (SSSR count). The Bertz CT molecular complexity index is 480. The summed E-state index contributed by atoms with van der Waals surface area (Å²) in [6.45, 7) is 0. The molecule has 1 heterocycles. The zero-order valence-corrected chi connectivity index (χ0v) is 8.02. The quantitative estimate of drug-likeness (QED) is 0.787. The molecule has 0 aliphatic carbocycles. The first-order chi connectivity index (χ1) is 6.16. The Morgan fingerprint density at radius 3 is 3.00 bits per heavy atom. The molecule has 0 aliphatic heterocycles. The summed E-state index contributed by atoms with van der Waals surface area (Å²) in [4.78, 5) is 14.8. The van der Waals surface area contributed by atoms with E-state index in [9.17, 15) is 4.79 Å². The molecule has 2 N–H and O–H groups in total. The normalized spacial score (nSPS) is 10.5. The lowest BCUT2D eigenvalue weighted by atomic mass is 10.3. The van der Waals surface area contributed by atoms with Crippen LogP contribution in [0.3, 0.4) is 0 Å².